The molecule has 1 aromatic rings. The zero-order valence-corrected chi connectivity index (χ0v) is 9.26. The van der Waals surface area contributed by atoms with E-state index in [0.717, 1.165) is 12.8 Å². The van der Waals surface area contributed by atoms with E-state index in [4.69, 9.17) is 11.6 Å². The van der Waals surface area contributed by atoms with E-state index >= 15 is 0 Å². The van der Waals surface area contributed by atoms with Gasteiger partial charge < -0.3 is 5.32 Å². The summed E-state index contributed by atoms with van der Waals surface area (Å²) in [5, 5.41) is 3.45. The van der Waals surface area contributed by atoms with Crippen molar-refractivity contribution in [2.75, 3.05) is 5.32 Å². The number of alkyl halides is 1. The fourth-order valence-corrected chi connectivity index (χ4v) is 2.10. The van der Waals surface area contributed by atoms with Crippen LogP contribution in [-0.2, 0) is 0 Å². The maximum absolute atomic E-state index is 13.3. The lowest BCUT2D eigenvalue weighted by Gasteiger charge is -2.15. The molecule has 1 fully saturated rings. The van der Waals surface area contributed by atoms with Crippen LogP contribution in [0.25, 0.3) is 0 Å². The number of anilines is 1. The molecule has 1 aromatic heterocycles. The number of nitrogens with one attached hydrogen (secondary N) is 1. The van der Waals surface area contributed by atoms with Gasteiger partial charge in [-0.1, -0.05) is 11.6 Å². The van der Waals surface area contributed by atoms with Gasteiger partial charge in [-0.2, -0.15) is 0 Å². The Kier molecular flexibility index (Phi) is 3.05. The van der Waals surface area contributed by atoms with E-state index in [2.05, 4.69) is 15.3 Å². The van der Waals surface area contributed by atoms with Gasteiger partial charge in [0.05, 0.1) is 6.04 Å². The molecule has 0 bridgehead atoms. The maximum Gasteiger partial charge on any atom is 0.134 e. The second kappa shape index (κ2) is 4.31. The molecule has 0 unspecified atom stereocenters. The van der Waals surface area contributed by atoms with Gasteiger partial charge in [-0.05, 0) is 26.2 Å². The molecule has 1 heterocycles. The molecule has 2 rings (SSSR count). The van der Waals surface area contributed by atoms with Crippen molar-refractivity contribution >= 4 is 17.4 Å². The maximum atomic E-state index is 13.3. The Morgan fingerprint density at radius 1 is 1.47 bits per heavy atom. The highest BCUT2D eigenvalue weighted by atomic mass is 35.5. The molecule has 5 heteroatoms. The molecule has 1 saturated carbocycles. The molecule has 15 heavy (non-hydrogen) atoms. The van der Waals surface area contributed by atoms with E-state index < -0.39 is 6.17 Å². The Morgan fingerprint density at radius 2 is 2.27 bits per heavy atom. The first-order valence-electron chi connectivity index (χ1n) is 5.07. The van der Waals surface area contributed by atoms with Crippen LogP contribution in [0.5, 0.6) is 0 Å². The van der Waals surface area contributed by atoms with Crippen LogP contribution in [0.15, 0.2) is 6.07 Å². The molecule has 0 radical (unpaired) electrons. The van der Waals surface area contributed by atoms with E-state index in [-0.39, 0.29) is 6.04 Å². The van der Waals surface area contributed by atoms with E-state index in [1.807, 2.05) is 0 Å². The van der Waals surface area contributed by atoms with E-state index in [9.17, 15) is 4.39 Å². The smallest absolute Gasteiger partial charge is 0.134 e. The summed E-state index contributed by atoms with van der Waals surface area (Å²) in [6.45, 7) is 1.76. The second-order valence-electron chi connectivity index (χ2n) is 3.82. The highest BCUT2D eigenvalue weighted by Gasteiger charge is 2.27. The molecule has 0 aliphatic heterocycles. The van der Waals surface area contributed by atoms with Crippen molar-refractivity contribution in [3.63, 3.8) is 0 Å². The van der Waals surface area contributed by atoms with Gasteiger partial charge in [0, 0.05) is 6.07 Å². The van der Waals surface area contributed by atoms with Crippen molar-refractivity contribution in [3.8, 4) is 0 Å². The van der Waals surface area contributed by atoms with E-state index in [0.29, 0.717) is 23.2 Å². The highest BCUT2D eigenvalue weighted by Crippen LogP contribution is 2.25. The van der Waals surface area contributed by atoms with Crippen LogP contribution < -0.4 is 5.32 Å². The van der Waals surface area contributed by atoms with Crippen LogP contribution in [0.2, 0.25) is 5.15 Å². The summed E-state index contributed by atoms with van der Waals surface area (Å²) in [5.41, 5.74) is 0. The molecular weight excluding hydrogens is 217 g/mol. The minimum atomic E-state index is -0.779. The molecule has 1 N–H and O–H groups in total. The number of hydrogen-bond acceptors (Lipinski definition) is 3. The van der Waals surface area contributed by atoms with Gasteiger partial charge in [-0.3, -0.25) is 0 Å². The fourth-order valence-electron chi connectivity index (χ4n) is 1.87. The summed E-state index contributed by atoms with van der Waals surface area (Å²) in [4.78, 5) is 8.11. The van der Waals surface area contributed by atoms with Crippen LogP contribution in [0.1, 0.15) is 25.1 Å². The van der Waals surface area contributed by atoms with Crippen molar-refractivity contribution in [1.29, 1.82) is 0 Å². The lowest BCUT2D eigenvalue weighted by Crippen LogP contribution is -2.25. The Labute approximate surface area is 93.1 Å². The van der Waals surface area contributed by atoms with Gasteiger partial charge >= 0.3 is 0 Å². The zero-order chi connectivity index (χ0) is 10.8. The Balaban J connectivity index is 2.10. The molecule has 3 nitrogen and oxygen atoms in total. The first-order valence-corrected chi connectivity index (χ1v) is 5.45. The Morgan fingerprint density at radius 3 is 2.87 bits per heavy atom. The zero-order valence-electron chi connectivity index (χ0n) is 8.50. The molecule has 0 amide bonds. The third-order valence-corrected chi connectivity index (χ3v) is 2.77. The normalized spacial score (nSPS) is 25.5. The van der Waals surface area contributed by atoms with Crippen LogP contribution in [0.3, 0.4) is 0 Å². The molecule has 0 spiro atoms. The SMILES string of the molecule is Cc1nc(Cl)cc(N[C@@H]2CCC[C@H]2F)n1. The van der Waals surface area contributed by atoms with Gasteiger partial charge in [0.25, 0.3) is 0 Å². The molecule has 1 aliphatic rings. The van der Waals surface area contributed by atoms with Crippen LogP contribution in [0.4, 0.5) is 10.2 Å². The van der Waals surface area contributed by atoms with Gasteiger partial charge in [-0.25, -0.2) is 14.4 Å². The van der Waals surface area contributed by atoms with Gasteiger partial charge in [-0.15, -0.1) is 0 Å². The summed E-state index contributed by atoms with van der Waals surface area (Å²) in [7, 11) is 0. The number of hydrogen-bond donors (Lipinski definition) is 1. The Bertz CT molecular complexity index is 338. The fraction of sp³-hybridized carbons (Fsp3) is 0.600. The van der Waals surface area contributed by atoms with Crippen molar-refractivity contribution in [3.05, 3.63) is 17.0 Å². The van der Waals surface area contributed by atoms with Gasteiger partial charge in [0.15, 0.2) is 0 Å². The molecule has 2 atom stereocenters. The van der Waals surface area contributed by atoms with Crippen molar-refractivity contribution in [2.24, 2.45) is 0 Å². The van der Waals surface area contributed by atoms with E-state index in [1.54, 1.807) is 13.0 Å². The molecule has 1 aliphatic carbocycles. The second-order valence-corrected chi connectivity index (χ2v) is 4.21. The van der Waals surface area contributed by atoms with Crippen molar-refractivity contribution in [2.45, 2.75) is 38.4 Å². The summed E-state index contributed by atoms with van der Waals surface area (Å²) < 4.78 is 13.3. The Hall–Kier alpha value is -0.900. The summed E-state index contributed by atoms with van der Waals surface area (Å²) >= 11 is 5.79. The topological polar surface area (TPSA) is 37.8 Å². The summed E-state index contributed by atoms with van der Waals surface area (Å²) in [6.07, 6.45) is 1.63. The minimum absolute atomic E-state index is 0.129. The van der Waals surface area contributed by atoms with E-state index in [1.165, 1.54) is 0 Å². The highest BCUT2D eigenvalue weighted by molar-refractivity contribution is 6.29. The molecule has 0 aromatic carbocycles. The average Bonchev–Trinajstić information content (AvgIpc) is 2.50. The van der Waals surface area contributed by atoms with Crippen molar-refractivity contribution < 1.29 is 4.39 Å². The number of halogens is 2. The van der Waals surface area contributed by atoms with Crippen LogP contribution >= 0.6 is 11.6 Å². The largest absolute Gasteiger partial charge is 0.364 e. The van der Waals surface area contributed by atoms with Crippen LogP contribution in [0, 0.1) is 6.92 Å². The lowest BCUT2D eigenvalue weighted by molar-refractivity contribution is 0.323. The minimum Gasteiger partial charge on any atom is -0.364 e. The number of rotatable bonds is 2. The standard InChI is InChI=1S/C10H13ClFN3/c1-6-13-9(11)5-10(14-6)15-8-4-2-3-7(8)12/h5,7-8H,2-4H2,1H3,(H,13,14,15)/t7-,8-/m1/s1. The van der Waals surface area contributed by atoms with Gasteiger partial charge in [0.2, 0.25) is 0 Å². The molecule has 0 saturated heterocycles. The summed E-state index contributed by atoms with van der Waals surface area (Å²) in [6, 6.07) is 1.50. The number of aryl methyl sites for hydroxylation is 1. The average molecular weight is 230 g/mol. The first-order chi connectivity index (χ1) is 7.15. The third-order valence-electron chi connectivity index (χ3n) is 2.57. The monoisotopic (exact) mass is 229 g/mol. The van der Waals surface area contributed by atoms with Crippen LogP contribution in [-0.4, -0.2) is 22.2 Å². The lowest BCUT2D eigenvalue weighted by atomic mass is 10.2. The summed E-state index contributed by atoms with van der Waals surface area (Å²) in [5.74, 6) is 1.21. The predicted octanol–water partition coefficient (Wildman–Crippen LogP) is 2.74. The molecular formula is C10H13ClFN3. The van der Waals surface area contributed by atoms with Gasteiger partial charge in [0.1, 0.15) is 23.0 Å². The van der Waals surface area contributed by atoms with Crippen molar-refractivity contribution in [1.82, 2.24) is 9.97 Å². The quantitative estimate of drug-likeness (QED) is 0.793. The predicted molar refractivity (Wildman–Crippen MR) is 57.9 cm³/mol. The number of nitrogens with zero attached hydrogens (tertiary/aromatic N) is 2. The first kappa shape index (κ1) is 10.6. The molecule has 82 valence electrons. The third kappa shape index (κ3) is 2.56. The number of aromatic nitrogens is 2.